The number of hydrogen-bond donors (Lipinski definition) is 2. The molecule has 0 saturated carbocycles. The van der Waals surface area contributed by atoms with Gasteiger partial charge in [0.2, 0.25) is 5.91 Å². The molecule has 0 heterocycles. The first-order valence-corrected chi connectivity index (χ1v) is 9.34. The lowest BCUT2D eigenvalue weighted by atomic mass is 10.1. The van der Waals surface area contributed by atoms with Gasteiger partial charge in [0.05, 0.1) is 6.54 Å². The summed E-state index contributed by atoms with van der Waals surface area (Å²) in [6, 6.07) is 18.2. The zero-order valence-corrected chi connectivity index (χ0v) is 14.9. The molecule has 2 aromatic rings. The standard InChI is InChI=1S/C19H25N3OS/c1-24-18-9-7-17(8-10-18)21-19(23)15-22(14-12-20)13-11-16-5-3-2-4-6-16/h2-10H,11-15,20H2,1H3,(H,21,23). The van der Waals surface area contributed by atoms with Crippen LogP contribution in [0.3, 0.4) is 0 Å². The molecule has 0 radical (unpaired) electrons. The Morgan fingerprint density at radius 3 is 2.42 bits per heavy atom. The number of nitrogens with one attached hydrogen (secondary N) is 1. The zero-order valence-electron chi connectivity index (χ0n) is 14.1. The highest BCUT2D eigenvalue weighted by Gasteiger charge is 2.10. The number of hydrogen-bond acceptors (Lipinski definition) is 4. The molecule has 0 bridgehead atoms. The number of amides is 1. The highest BCUT2D eigenvalue weighted by Crippen LogP contribution is 2.17. The van der Waals surface area contributed by atoms with E-state index in [1.54, 1.807) is 11.8 Å². The lowest BCUT2D eigenvalue weighted by Gasteiger charge is -2.21. The van der Waals surface area contributed by atoms with E-state index in [-0.39, 0.29) is 5.91 Å². The van der Waals surface area contributed by atoms with E-state index in [0.717, 1.165) is 18.7 Å². The Kier molecular flexibility index (Phi) is 7.82. The highest BCUT2D eigenvalue weighted by molar-refractivity contribution is 7.98. The van der Waals surface area contributed by atoms with E-state index < -0.39 is 0 Å². The van der Waals surface area contributed by atoms with Gasteiger partial charge in [0.1, 0.15) is 0 Å². The fourth-order valence-corrected chi connectivity index (χ4v) is 2.87. The van der Waals surface area contributed by atoms with Crippen molar-refractivity contribution in [2.75, 3.05) is 37.8 Å². The molecule has 0 spiro atoms. The minimum Gasteiger partial charge on any atom is -0.329 e. The monoisotopic (exact) mass is 343 g/mol. The molecule has 2 rings (SSSR count). The van der Waals surface area contributed by atoms with E-state index in [1.165, 1.54) is 10.5 Å². The fraction of sp³-hybridized carbons (Fsp3) is 0.316. The molecule has 24 heavy (non-hydrogen) atoms. The first kappa shape index (κ1) is 18.5. The summed E-state index contributed by atoms with van der Waals surface area (Å²) in [4.78, 5) is 15.5. The van der Waals surface area contributed by atoms with Crippen LogP contribution in [-0.2, 0) is 11.2 Å². The molecule has 0 saturated heterocycles. The number of thioether (sulfide) groups is 1. The van der Waals surface area contributed by atoms with Crippen molar-refractivity contribution in [2.45, 2.75) is 11.3 Å². The maximum Gasteiger partial charge on any atom is 0.238 e. The van der Waals surface area contributed by atoms with Gasteiger partial charge in [-0.2, -0.15) is 0 Å². The minimum absolute atomic E-state index is 0.00610. The molecule has 128 valence electrons. The molecule has 0 atom stereocenters. The van der Waals surface area contributed by atoms with Gasteiger partial charge in [-0.25, -0.2) is 0 Å². The third-order valence-electron chi connectivity index (χ3n) is 3.75. The van der Waals surface area contributed by atoms with Crippen molar-refractivity contribution in [3.05, 3.63) is 60.2 Å². The van der Waals surface area contributed by atoms with E-state index >= 15 is 0 Å². The van der Waals surface area contributed by atoms with Crippen LogP contribution in [0.25, 0.3) is 0 Å². The van der Waals surface area contributed by atoms with Crippen LogP contribution in [0, 0.1) is 0 Å². The van der Waals surface area contributed by atoms with E-state index in [0.29, 0.717) is 19.6 Å². The predicted octanol–water partition coefficient (Wildman–Crippen LogP) is 2.85. The minimum atomic E-state index is -0.00610. The van der Waals surface area contributed by atoms with Gasteiger partial charge in [-0.15, -0.1) is 11.8 Å². The zero-order chi connectivity index (χ0) is 17.2. The van der Waals surface area contributed by atoms with E-state index in [4.69, 9.17) is 5.73 Å². The molecule has 3 N–H and O–H groups in total. The molecule has 0 unspecified atom stereocenters. The molecule has 0 fully saturated rings. The van der Waals surface area contributed by atoms with Crippen LogP contribution in [0.5, 0.6) is 0 Å². The summed E-state index contributed by atoms with van der Waals surface area (Å²) in [6.07, 6.45) is 2.95. The third kappa shape index (κ3) is 6.35. The number of benzene rings is 2. The van der Waals surface area contributed by atoms with Crippen LogP contribution in [0.1, 0.15) is 5.56 Å². The average molecular weight is 343 g/mol. The quantitative estimate of drug-likeness (QED) is 0.688. The van der Waals surface area contributed by atoms with Gasteiger partial charge in [0.25, 0.3) is 0 Å². The Labute approximate surface area is 148 Å². The Morgan fingerprint density at radius 2 is 1.79 bits per heavy atom. The maximum atomic E-state index is 12.3. The molecule has 0 aromatic heterocycles. The molecule has 4 nitrogen and oxygen atoms in total. The van der Waals surface area contributed by atoms with Gasteiger partial charge in [-0.05, 0) is 42.5 Å². The number of anilines is 1. The Balaban J connectivity index is 1.85. The Morgan fingerprint density at radius 1 is 1.08 bits per heavy atom. The van der Waals surface area contributed by atoms with Crippen LogP contribution in [0.15, 0.2) is 59.5 Å². The van der Waals surface area contributed by atoms with Gasteiger partial charge < -0.3 is 11.1 Å². The average Bonchev–Trinajstić information content (AvgIpc) is 2.61. The van der Waals surface area contributed by atoms with Crippen LogP contribution >= 0.6 is 11.8 Å². The van der Waals surface area contributed by atoms with Crippen LogP contribution < -0.4 is 11.1 Å². The number of nitrogens with zero attached hydrogens (tertiary/aromatic N) is 1. The highest BCUT2D eigenvalue weighted by atomic mass is 32.2. The maximum absolute atomic E-state index is 12.3. The van der Waals surface area contributed by atoms with E-state index in [2.05, 4.69) is 22.3 Å². The number of rotatable bonds is 9. The first-order chi connectivity index (χ1) is 11.7. The summed E-state index contributed by atoms with van der Waals surface area (Å²) >= 11 is 1.68. The van der Waals surface area contributed by atoms with Crippen molar-refractivity contribution in [1.29, 1.82) is 0 Å². The van der Waals surface area contributed by atoms with Crippen LogP contribution in [-0.4, -0.2) is 43.2 Å². The van der Waals surface area contributed by atoms with Crippen molar-refractivity contribution < 1.29 is 4.79 Å². The smallest absolute Gasteiger partial charge is 0.238 e. The predicted molar refractivity (Wildman–Crippen MR) is 102 cm³/mol. The summed E-state index contributed by atoms with van der Waals surface area (Å²) in [7, 11) is 0. The van der Waals surface area contributed by atoms with Gasteiger partial charge in [-0.1, -0.05) is 30.3 Å². The SMILES string of the molecule is CSc1ccc(NC(=O)CN(CCN)CCc2ccccc2)cc1. The largest absolute Gasteiger partial charge is 0.329 e. The second kappa shape index (κ2) is 10.1. The molecule has 0 aliphatic rings. The van der Waals surface area contributed by atoms with Gasteiger partial charge in [0.15, 0.2) is 0 Å². The third-order valence-corrected chi connectivity index (χ3v) is 4.49. The number of nitrogens with two attached hydrogens (primary N) is 1. The van der Waals surface area contributed by atoms with Crippen molar-refractivity contribution in [2.24, 2.45) is 5.73 Å². The first-order valence-electron chi connectivity index (χ1n) is 8.11. The van der Waals surface area contributed by atoms with Gasteiger partial charge in [0, 0.05) is 30.2 Å². The van der Waals surface area contributed by atoms with E-state index in [1.807, 2.05) is 48.7 Å². The summed E-state index contributed by atoms with van der Waals surface area (Å²) in [6.45, 7) is 2.44. The number of carbonyl (C=O) groups excluding carboxylic acids is 1. The van der Waals surface area contributed by atoms with Crippen molar-refractivity contribution >= 4 is 23.4 Å². The summed E-state index contributed by atoms with van der Waals surface area (Å²) in [5.41, 5.74) is 7.78. The molecule has 2 aromatic carbocycles. The number of carbonyl (C=O) groups is 1. The van der Waals surface area contributed by atoms with E-state index in [9.17, 15) is 4.79 Å². The fourth-order valence-electron chi connectivity index (χ4n) is 2.46. The molecule has 0 aliphatic carbocycles. The van der Waals surface area contributed by atoms with Gasteiger partial charge >= 0.3 is 0 Å². The van der Waals surface area contributed by atoms with Crippen LogP contribution in [0.2, 0.25) is 0 Å². The lowest BCUT2D eigenvalue weighted by Crippen LogP contribution is -2.37. The topological polar surface area (TPSA) is 58.4 Å². The van der Waals surface area contributed by atoms with Crippen molar-refractivity contribution in [3.63, 3.8) is 0 Å². The molecule has 5 heteroatoms. The lowest BCUT2D eigenvalue weighted by molar-refractivity contribution is -0.117. The molecular weight excluding hydrogens is 318 g/mol. The van der Waals surface area contributed by atoms with Crippen molar-refractivity contribution in [1.82, 2.24) is 4.90 Å². The molecule has 0 aliphatic heterocycles. The van der Waals surface area contributed by atoms with Crippen LogP contribution in [0.4, 0.5) is 5.69 Å². The normalized spacial score (nSPS) is 10.8. The molecule has 1 amide bonds. The Hall–Kier alpha value is -1.82. The molecular formula is C19H25N3OS. The summed E-state index contributed by atoms with van der Waals surface area (Å²) in [5.74, 6) is -0.00610. The summed E-state index contributed by atoms with van der Waals surface area (Å²) < 4.78 is 0. The van der Waals surface area contributed by atoms with Gasteiger partial charge in [-0.3, -0.25) is 9.69 Å². The summed E-state index contributed by atoms with van der Waals surface area (Å²) in [5, 5.41) is 2.95. The Bertz CT molecular complexity index is 616. The second-order valence-electron chi connectivity index (χ2n) is 5.58. The second-order valence-corrected chi connectivity index (χ2v) is 6.46. The van der Waals surface area contributed by atoms with Crippen molar-refractivity contribution in [3.8, 4) is 0 Å².